The SMILES string of the molecule is CSC1=NCN(CC2CCCCC2)C=N1. The van der Waals surface area contributed by atoms with Crippen molar-refractivity contribution in [3.63, 3.8) is 0 Å². The van der Waals surface area contributed by atoms with Gasteiger partial charge in [-0.3, -0.25) is 0 Å². The number of hydrogen-bond donors (Lipinski definition) is 0. The summed E-state index contributed by atoms with van der Waals surface area (Å²) in [6, 6.07) is 0. The number of hydrogen-bond acceptors (Lipinski definition) is 4. The fraction of sp³-hybridized carbons (Fsp3) is 0.818. The van der Waals surface area contributed by atoms with E-state index in [0.717, 1.165) is 24.3 Å². The van der Waals surface area contributed by atoms with Crippen LogP contribution in [0.5, 0.6) is 0 Å². The van der Waals surface area contributed by atoms with Crippen molar-refractivity contribution in [3.05, 3.63) is 0 Å². The zero-order valence-electron chi connectivity index (χ0n) is 9.35. The standard InChI is InChI=1S/C11H19N3S/c1-15-11-12-8-14(9-13-11)7-10-5-3-2-4-6-10/h8,10H,2-7,9H2,1H3. The smallest absolute Gasteiger partial charge is 0.185 e. The van der Waals surface area contributed by atoms with Gasteiger partial charge in [0.25, 0.3) is 0 Å². The molecule has 0 atom stereocenters. The molecule has 15 heavy (non-hydrogen) atoms. The zero-order chi connectivity index (χ0) is 10.5. The second-order valence-corrected chi connectivity index (χ2v) is 5.08. The van der Waals surface area contributed by atoms with Gasteiger partial charge in [0.05, 0.1) is 6.34 Å². The predicted octanol–water partition coefficient (Wildman–Crippen LogP) is 2.59. The molecule has 84 valence electrons. The number of aliphatic imine (C=N–C) groups is 2. The second kappa shape index (κ2) is 5.54. The third kappa shape index (κ3) is 3.23. The molecule has 1 aliphatic heterocycles. The quantitative estimate of drug-likeness (QED) is 0.722. The van der Waals surface area contributed by atoms with Gasteiger partial charge in [-0.25, -0.2) is 9.98 Å². The largest absolute Gasteiger partial charge is 0.343 e. The van der Waals surface area contributed by atoms with Gasteiger partial charge in [-0.2, -0.15) is 0 Å². The Morgan fingerprint density at radius 1 is 1.40 bits per heavy atom. The Morgan fingerprint density at radius 2 is 2.20 bits per heavy atom. The molecule has 0 aromatic heterocycles. The lowest BCUT2D eigenvalue weighted by Gasteiger charge is -2.28. The van der Waals surface area contributed by atoms with Crippen LogP contribution in [0.25, 0.3) is 0 Å². The van der Waals surface area contributed by atoms with E-state index in [0.29, 0.717) is 0 Å². The summed E-state index contributed by atoms with van der Waals surface area (Å²) >= 11 is 1.62. The Balaban J connectivity index is 1.77. The first kappa shape index (κ1) is 11.0. The lowest BCUT2D eigenvalue weighted by atomic mass is 9.89. The highest BCUT2D eigenvalue weighted by Gasteiger charge is 2.16. The lowest BCUT2D eigenvalue weighted by molar-refractivity contribution is 0.280. The number of nitrogens with zero attached hydrogens (tertiary/aromatic N) is 3. The monoisotopic (exact) mass is 225 g/mol. The van der Waals surface area contributed by atoms with Crippen LogP contribution in [0.2, 0.25) is 0 Å². The molecule has 0 unspecified atom stereocenters. The molecule has 0 amide bonds. The summed E-state index contributed by atoms with van der Waals surface area (Å²) in [5.41, 5.74) is 0. The van der Waals surface area contributed by atoms with Crippen molar-refractivity contribution >= 4 is 23.3 Å². The van der Waals surface area contributed by atoms with Gasteiger partial charge >= 0.3 is 0 Å². The topological polar surface area (TPSA) is 28.0 Å². The van der Waals surface area contributed by atoms with Crippen molar-refractivity contribution in [2.45, 2.75) is 32.1 Å². The van der Waals surface area contributed by atoms with E-state index in [2.05, 4.69) is 14.9 Å². The summed E-state index contributed by atoms with van der Waals surface area (Å²) in [6.07, 6.45) is 11.0. The minimum absolute atomic E-state index is 0.802. The molecule has 2 rings (SSSR count). The van der Waals surface area contributed by atoms with Gasteiger partial charge in [0, 0.05) is 6.54 Å². The molecule has 2 aliphatic rings. The van der Waals surface area contributed by atoms with Gasteiger partial charge in [-0.05, 0) is 25.0 Å². The van der Waals surface area contributed by atoms with Gasteiger partial charge in [0.2, 0.25) is 0 Å². The van der Waals surface area contributed by atoms with Crippen LogP contribution in [0, 0.1) is 5.92 Å². The fourth-order valence-corrected chi connectivity index (χ4v) is 2.62. The van der Waals surface area contributed by atoms with Crippen LogP contribution >= 0.6 is 11.8 Å². The number of thioether (sulfide) groups is 1. The molecule has 0 bridgehead atoms. The second-order valence-electron chi connectivity index (χ2n) is 4.31. The number of amidine groups is 1. The van der Waals surface area contributed by atoms with E-state index in [-0.39, 0.29) is 0 Å². The maximum absolute atomic E-state index is 4.40. The van der Waals surface area contributed by atoms with Gasteiger partial charge < -0.3 is 4.90 Å². The first-order valence-electron chi connectivity index (χ1n) is 5.75. The van der Waals surface area contributed by atoms with Crippen LogP contribution in [-0.4, -0.2) is 35.9 Å². The first-order chi connectivity index (χ1) is 7.38. The van der Waals surface area contributed by atoms with E-state index in [1.165, 1.54) is 32.1 Å². The Morgan fingerprint density at radius 3 is 2.80 bits per heavy atom. The van der Waals surface area contributed by atoms with E-state index in [1.807, 2.05) is 12.6 Å². The zero-order valence-corrected chi connectivity index (χ0v) is 10.2. The van der Waals surface area contributed by atoms with Crippen LogP contribution in [0.15, 0.2) is 9.98 Å². The normalized spacial score (nSPS) is 23.0. The minimum Gasteiger partial charge on any atom is -0.343 e. The summed E-state index contributed by atoms with van der Waals surface area (Å²) in [6.45, 7) is 1.95. The highest BCUT2D eigenvalue weighted by Crippen LogP contribution is 2.24. The van der Waals surface area contributed by atoms with Crippen LogP contribution in [0.3, 0.4) is 0 Å². The summed E-state index contributed by atoms with van der Waals surface area (Å²) in [4.78, 5) is 11.0. The van der Waals surface area contributed by atoms with Gasteiger partial charge in [-0.15, -0.1) is 0 Å². The first-order valence-corrected chi connectivity index (χ1v) is 6.97. The lowest BCUT2D eigenvalue weighted by Crippen LogP contribution is -2.32. The summed E-state index contributed by atoms with van der Waals surface area (Å²) in [5.74, 6) is 0.872. The van der Waals surface area contributed by atoms with E-state index in [4.69, 9.17) is 0 Å². The van der Waals surface area contributed by atoms with Crippen LogP contribution < -0.4 is 0 Å². The molecular formula is C11H19N3S. The average Bonchev–Trinajstić information content (AvgIpc) is 2.31. The molecule has 4 heteroatoms. The Hall–Kier alpha value is -0.510. The van der Waals surface area contributed by atoms with E-state index < -0.39 is 0 Å². The molecule has 3 nitrogen and oxygen atoms in total. The summed E-state index contributed by atoms with van der Waals surface area (Å²) in [5, 5.41) is 0.912. The number of rotatable bonds is 2. The third-order valence-corrected chi connectivity index (χ3v) is 3.72. The van der Waals surface area contributed by atoms with Gasteiger partial charge in [0.15, 0.2) is 5.17 Å². The minimum atomic E-state index is 0.802. The average molecular weight is 225 g/mol. The molecule has 0 N–H and O–H groups in total. The highest BCUT2D eigenvalue weighted by molar-refractivity contribution is 8.13. The maximum Gasteiger partial charge on any atom is 0.185 e. The van der Waals surface area contributed by atoms with Crippen molar-refractivity contribution in [1.82, 2.24) is 4.90 Å². The van der Waals surface area contributed by atoms with E-state index in [9.17, 15) is 0 Å². The van der Waals surface area contributed by atoms with Crippen molar-refractivity contribution in [2.75, 3.05) is 19.5 Å². The van der Waals surface area contributed by atoms with Crippen molar-refractivity contribution < 1.29 is 0 Å². The van der Waals surface area contributed by atoms with Crippen LogP contribution in [0.1, 0.15) is 32.1 Å². The van der Waals surface area contributed by atoms with E-state index in [1.54, 1.807) is 11.8 Å². The maximum atomic E-state index is 4.40. The highest BCUT2D eigenvalue weighted by atomic mass is 32.2. The van der Waals surface area contributed by atoms with Crippen molar-refractivity contribution in [3.8, 4) is 0 Å². The third-order valence-electron chi connectivity index (χ3n) is 3.12. The molecule has 1 aliphatic carbocycles. The van der Waals surface area contributed by atoms with E-state index >= 15 is 0 Å². The molecule has 0 aromatic rings. The summed E-state index contributed by atoms with van der Waals surface area (Å²) in [7, 11) is 0. The molecule has 0 spiro atoms. The Labute approximate surface area is 96.1 Å². The molecule has 1 saturated carbocycles. The van der Waals surface area contributed by atoms with Crippen LogP contribution in [0.4, 0.5) is 0 Å². The van der Waals surface area contributed by atoms with Crippen molar-refractivity contribution in [1.29, 1.82) is 0 Å². The molecule has 0 radical (unpaired) electrons. The van der Waals surface area contributed by atoms with Gasteiger partial charge in [0.1, 0.15) is 6.67 Å². The molecule has 1 fully saturated rings. The predicted molar refractivity (Wildman–Crippen MR) is 67.6 cm³/mol. The van der Waals surface area contributed by atoms with Crippen molar-refractivity contribution in [2.24, 2.45) is 15.9 Å². The fourth-order valence-electron chi connectivity index (χ4n) is 2.28. The molecule has 0 saturated heterocycles. The molecular weight excluding hydrogens is 206 g/mol. The Bertz CT molecular complexity index is 257. The Kier molecular flexibility index (Phi) is 4.06. The molecule has 0 aromatic carbocycles. The van der Waals surface area contributed by atoms with Gasteiger partial charge in [-0.1, -0.05) is 31.0 Å². The summed E-state index contributed by atoms with van der Waals surface area (Å²) < 4.78 is 0. The van der Waals surface area contributed by atoms with Crippen LogP contribution in [-0.2, 0) is 0 Å². The molecule has 1 heterocycles.